The van der Waals surface area contributed by atoms with Crippen LogP contribution in [0.2, 0.25) is 0 Å². The molecular weight excluding hydrogens is 150 g/mol. The zero-order chi connectivity index (χ0) is 8.39. The second kappa shape index (κ2) is 3.19. The highest BCUT2D eigenvalue weighted by atomic mass is 15.2. The Morgan fingerprint density at radius 3 is 3.00 bits per heavy atom. The van der Waals surface area contributed by atoms with Crippen LogP contribution in [-0.2, 0) is 0 Å². The number of rotatable bonds is 2. The lowest BCUT2D eigenvalue weighted by Crippen LogP contribution is -2.44. The van der Waals surface area contributed by atoms with Crippen LogP contribution in [0.1, 0.15) is 18.5 Å². The quantitative estimate of drug-likeness (QED) is 0.648. The van der Waals surface area contributed by atoms with Crippen LogP contribution >= 0.6 is 0 Å². The van der Waals surface area contributed by atoms with Gasteiger partial charge in [-0.05, 0) is 12.6 Å². The summed E-state index contributed by atoms with van der Waals surface area (Å²) >= 11 is 0. The van der Waals surface area contributed by atoms with Crippen molar-refractivity contribution in [2.45, 2.75) is 12.8 Å². The average Bonchev–Trinajstić information content (AvgIpc) is 2.04. The maximum absolute atomic E-state index is 4.23. The Balaban J connectivity index is 1.97. The second-order valence-corrected chi connectivity index (χ2v) is 3.18. The minimum atomic E-state index is 0.646. The Labute approximate surface area is 72.4 Å². The molecule has 0 spiro atoms. The van der Waals surface area contributed by atoms with Crippen molar-refractivity contribution in [3.8, 4) is 0 Å². The van der Waals surface area contributed by atoms with E-state index in [2.05, 4.69) is 21.8 Å². The average molecular weight is 163 g/mol. The van der Waals surface area contributed by atoms with Crippen LogP contribution < -0.4 is 0 Å². The van der Waals surface area contributed by atoms with Crippen LogP contribution in [0.4, 0.5) is 0 Å². The van der Waals surface area contributed by atoms with Gasteiger partial charge in [0.1, 0.15) is 6.33 Å². The lowest BCUT2D eigenvalue weighted by Gasteiger charge is -2.37. The molecule has 1 fully saturated rings. The van der Waals surface area contributed by atoms with Gasteiger partial charge >= 0.3 is 0 Å². The maximum atomic E-state index is 4.23. The molecule has 0 unspecified atom stereocenters. The molecule has 12 heavy (non-hydrogen) atoms. The number of nitrogens with zero attached hydrogens (tertiary/aromatic N) is 3. The highest BCUT2D eigenvalue weighted by Crippen LogP contribution is 2.23. The predicted molar refractivity (Wildman–Crippen MR) is 46.9 cm³/mol. The molecule has 0 atom stereocenters. The molecule has 2 heterocycles. The van der Waals surface area contributed by atoms with Gasteiger partial charge in [0.15, 0.2) is 0 Å². The van der Waals surface area contributed by atoms with E-state index in [0.29, 0.717) is 5.92 Å². The van der Waals surface area contributed by atoms with E-state index in [1.807, 2.05) is 12.3 Å². The fourth-order valence-electron chi connectivity index (χ4n) is 1.56. The number of likely N-dealkylation sites (tertiary alicyclic amines) is 1. The van der Waals surface area contributed by atoms with Gasteiger partial charge in [0.25, 0.3) is 0 Å². The van der Waals surface area contributed by atoms with Gasteiger partial charge in [-0.2, -0.15) is 0 Å². The Bertz CT molecular complexity index is 241. The molecule has 0 aliphatic carbocycles. The van der Waals surface area contributed by atoms with Crippen LogP contribution in [0.25, 0.3) is 0 Å². The SMILES string of the molecule is CCN1CC(c2ccncn2)C1. The molecule has 1 aliphatic heterocycles. The smallest absolute Gasteiger partial charge is 0.115 e. The summed E-state index contributed by atoms with van der Waals surface area (Å²) in [6.07, 6.45) is 3.45. The van der Waals surface area contributed by atoms with Crippen LogP contribution in [0.3, 0.4) is 0 Å². The molecule has 0 bridgehead atoms. The Hall–Kier alpha value is -0.960. The van der Waals surface area contributed by atoms with E-state index in [1.54, 1.807) is 6.33 Å². The van der Waals surface area contributed by atoms with E-state index in [1.165, 1.54) is 5.69 Å². The van der Waals surface area contributed by atoms with Gasteiger partial charge in [-0.1, -0.05) is 6.92 Å². The Kier molecular flexibility index (Phi) is 2.04. The molecule has 1 aromatic heterocycles. The van der Waals surface area contributed by atoms with Crippen molar-refractivity contribution in [1.82, 2.24) is 14.9 Å². The summed E-state index contributed by atoms with van der Waals surface area (Å²) in [6.45, 7) is 5.67. The van der Waals surface area contributed by atoms with E-state index in [-0.39, 0.29) is 0 Å². The molecule has 1 aromatic rings. The zero-order valence-electron chi connectivity index (χ0n) is 7.27. The number of aromatic nitrogens is 2. The summed E-state index contributed by atoms with van der Waals surface area (Å²) in [7, 11) is 0. The van der Waals surface area contributed by atoms with Gasteiger partial charge in [0, 0.05) is 30.9 Å². The van der Waals surface area contributed by atoms with E-state index >= 15 is 0 Å². The van der Waals surface area contributed by atoms with Crippen molar-refractivity contribution in [3.63, 3.8) is 0 Å². The monoisotopic (exact) mass is 163 g/mol. The third kappa shape index (κ3) is 1.32. The Morgan fingerprint density at radius 2 is 2.42 bits per heavy atom. The fourth-order valence-corrected chi connectivity index (χ4v) is 1.56. The minimum Gasteiger partial charge on any atom is -0.302 e. The van der Waals surface area contributed by atoms with E-state index in [4.69, 9.17) is 0 Å². The molecule has 2 rings (SSSR count). The van der Waals surface area contributed by atoms with Crippen molar-refractivity contribution in [2.24, 2.45) is 0 Å². The summed E-state index contributed by atoms with van der Waals surface area (Å²) in [5.41, 5.74) is 1.19. The highest BCUT2D eigenvalue weighted by Gasteiger charge is 2.27. The topological polar surface area (TPSA) is 29.0 Å². The van der Waals surface area contributed by atoms with Gasteiger partial charge < -0.3 is 4.90 Å². The van der Waals surface area contributed by atoms with Crippen LogP contribution in [0, 0.1) is 0 Å². The maximum Gasteiger partial charge on any atom is 0.115 e. The van der Waals surface area contributed by atoms with Gasteiger partial charge in [-0.15, -0.1) is 0 Å². The lowest BCUT2D eigenvalue weighted by atomic mass is 9.96. The summed E-state index contributed by atoms with van der Waals surface area (Å²) in [4.78, 5) is 10.5. The normalized spacial score (nSPS) is 19.1. The molecular formula is C9H13N3. The highest BCUT2D eigenvalue weighted by molar-refractivity contribution is 5.11. The van der Waals surface area contributed by atoms with Crippen molar-refractivity contribution >= 4 is 0 Å². The molecule has 0 radical (unpaired) electrons. The van der Waals surface area contributed by atoms with Gasteiger partial charge in [0.05, 0.1) is 0 Å². The van der Waals surface area contributed by atoms with E-state index in [9.17, 15) is 0 Å². The number of likely N-dealkylation sites (N-methyl/N-ethyl adjacent to an activating group) is 1. The fraction of sp³-hybridized carbons (Fsp3) is 0.556. The van der Waals surface area contributed by atoms with E-state index < -0.39 is 0 Å². The zero-order valence-corrected chi connectivity index (χ0v) is 7.27. The standard InChI is InChI=1S/C9H13N3/c1-2-12-5-8(6-12)9-3-4-10-7-11-9/h3-4,7-8H,2,5-6H2,1H3. The largest absolute Gasteiger partial charge is 0.302 e. The third-order valence-electron chi connectivity index (χ3n) is 2.43. The first-order chi connectivity index (χ1) is 5.90. The van der Waals surface area contributed by atoms with Crippen molar-refractivity contribution in [1.29, 1.82) is 0 Å². The molecule has 0 saturated carbocycles. The summed E-state index contributed by atoms with van der Waals surface area (Å²) in [5.74, 6) is 0.646. The first-order valence-electron chi connectivity index (χ1n) is 4.38. The molecule has 0 amide bonds. The van der Waals surface area contributed by atoms with Crippen LogP contribution in [0.5, 0.6) is 0 Å². The lowest BCUT2D eigenvalue weighted by molar-refractivity contribution is 0.154. The molecule has 3 heteroatoms. The van der Waals surface area contributed by atoms with Crippen molar-refractivity contribution in [2.75, 3.05) is 19.6 Å². The second-order valence-electron chi connectivity index (χ2n) is 3.18. The molecule has 1 aliphatic rings. The van der Waals surface area contributed by atoms with Crippen LogP contribution in [-0.4, -0.2) is 34.5 Å². The summed E-state index contributed by atoms with van der Waals surface area (Å²) in [5, 5.41) is 0. The Morgan fingerprint density at radius 1 is 1.58 bits per heavy atom. The molecule has 1 saturated heterocycles. The predicted octanol–water partition coefficient (Wildman–Crippen LogP) is 0.896. The summed E-state index contributed by atoms with van der Waals surface area (Å²) < 4.78 is 0. The third-order valence-corrected chi connectivity index (χ3v) is 2.43. The first-order valence-corrected chi connectivity index (χ1v) is 4.38. The van der Waals surface area contributed by atoms with Gasteiger partial charge in [0.2, 0.25) is 0 Å². The number of hydrogen-bond acceptors (Lipinski definition) is 3. The van der Waals surface area contributed by atoms with Crippen molar-refractivity contribution < 1.29 is 0 Å². The first kappa shape index (κ1) is 7.68. The minimum absolute atomic E-state index is 0.646. The molecule has 3 nitrogen and oxygen atoms in total. The number of hydrogen-bond donors (Lipinski definition) is 0. The van der Waals surface area contributed by atoms with Crippen molar-refractivity contribution in [3.05, 3.63) is 24.3 Å². The molecule has 0 N–H and O–H groups in total. The van der Waals surface area contributed by atoms with E-state index in [0.717, 1.165) is 19.6 Å². The van der Waals surface area contributed by atoms with Gasteiger partial charge in [-0.3, -0.25) is 0 Å². The van der Waals surface area contributed by atoms with Gasteiger partial charge in [-0.25, -0.2) is 9.97 Å². The molecule has 0 aromatic carbocycles. The van der Waals surface area contributed by atoms with Crippen LogP contribution in [0.15, 0.2) is 18.6 Å². The molecule has 64 valence electrons. The summed E-state index contributed by atoms with van der Waals surface area (Å²) in [6, 6.07) is 2.01.